The molecule has 1 amide bonds. The van der Waals surface area contributed by atoms with E-state index in [-0.39, 0.29) is 5.54 Å². The van der Waals surface area contributed by atoms with Gasteiger partial charge >= 0.3 is 6.09 Å². The molecule has 0 radical (unpaired) electrons. The summed E-state index contributed by atoms with van der Waals surface area (Å²) in [7, 11) is 4.83. The van der Waals surface area contributed by atoms with E-state index in [9.17, 15) is 4.79 Å². The lowest BCUT2D eigenvalue weighted by Gasteiger charge is -2.28. The molecule has 0 bridgehead atoms. The lowest BCUT2D eigenvalue weighted by molar-refractivity contribution is -0.355. The van der Waals surface area contributed by atoms with Gasteiger partial charge in [-0.05, 0) is 33.6 Å². The molecule has 0 saturated heterocycles. The molecule has 168 valence electrons. The molecule has 0 saturated carbocycles. The molecule has 0 aromatic rings. The number of rotatable bonds is 17. The van der Waals surface area contributed by atoms with Gasteiger partial charge in [0.25, 0.3) is 5.97 Å². The molecule has 0 aliphatic rings. The minimum Gasteiger partial charge on any atom is -0.449 e. The molecule has 28 heavy (non-hydrogen) atoms. The third kappa shape index (κ3) is 15.1. The molecule has 0 heterocycles. The predicted molar refractivity (Wildman–Crippen MR) is 112 cm³/mol. The Hall–Kier alpha value is -0.890. The van der Waals surface area contributed by atoms with Crippen LogP contribution in [0.4, 0.5) is 4.79 Å². The smallest absolute Gasteiger partial charge is 0.421 e. The Morgan fingerprint density at radius 3 is 1.57 bits per heavy atom. The highest BCUT2D eigenvalue weighted by Crippen LogP contribution is 2.21. The van der Waals surface area contributed by atoms with Crippen LogP contribution in [0.2, 0.25) is 0 Å². The maximum absolute atomic E-state index is 11.5. The van der Waals surface area contributed by atoms with Crippen molar-refractivity contribution in [2.24, 2.45) is 0 Å². The van der Waals surface area contributed by atoms with Crippen molar-refractivity contribution >= 4 is 6.09 Å². The molecule has 0 atom stereocenters. The molecule has 0 aliphatic carbocycles. The number of unbranched alkanes of at least 4 members (excludes halogenated alkanes) is 9. The highest BCUT2D eigenvalue weighted by Gasteiger charge is 2.28. The summed E-state index contributed by atoms with van der Waals surface area (Å²) in [6, 6.07) is 0. The molecule has 0 aliphatic heterocycles. The van der Waals surface area contributed by atoms with Crippen molar-refractivity contribution in [2.75, 3.05) is 27.9 Å². The van der Waals surface area contributed by atoms with E-state index < -0.39 is 12.1 Å². The van der Waals surface area contributed by atoms with E-state index in [0.717, 1.165) is 25.7 Å². The van der Waals surface area contributed by atoms with Crippen molar-refractivity contribution in [2.45, 2.75) is 103 Å². The minimum absolute atomic E-state index is 0.165. The summed E-state index contributed by atoms with van der Waals surface area (Å²) in [4.78, 5) is 11.5. The van der Waals surface area contributed by atoms with Gasteiger partial charge in [-0.2, -0.15) is 0 Å². The fourth-order valence-corrected chi connectivity index (χ4v) is 2.85. The van der Waals surface area contributed by atoms with Crippen LogP contribution in [-0.2, 0) is 18.9 Å². The average Bonchev–Trinajstić information content (AvgIpc) is 2.67. The number of methoxy groups -OCH3 is 3. The Morgan fingerprint density at radius 1 is 0.714 bits per heavy atom. The monoisotopic (exact) mass is 404 g/mol. The Labute approximate surface area is 172 Å². The van der Waals surface area contributed by atoms with Gasteiger partial charge < -0.3 is 18.9 Å². The van der Waals surface area contributed by atoms with Crippen molar-refractivity contribution in [3.63, 3.8) is 0 Å². The summed E-state index contributed by atoms with van der Waals surface area (Å²) in [5, 5.41) is 0. The first-order chi connectivity index (χ1) is 13.3. The van der Waals surface area contributed by atoms with E-state index in [1.807, 2.05) is 20.8 Å². The highest BCUT2D eigenvalue weighted by atomic mass is 16.9. The minimum atomic E-state index is -0.881. The summed E-state index contributed by atoms with van der Waals surface area (Å²) >= 11 is 0. The lowest BCUT2D eigenvalue weighted by Crippen LogP contribution is -2.48. The molecular weight excluding hydrogens is 360 g/mol. The summed E-state index contributed by atoms with van der Waals surface area (Å²) < 4.78 is 21.0. The molecule has 7 nitrogen and oxygen atoms in total. The molecule has 7 heteroatoms. The van der Waals surface area contributed by atoms with Crippen LogP contribution in [0.25, 0.3) is 0 Å². The number of carbonyl (C=O) groups is 1. The molecule has 0 unspecified atom stereocenters. The summed E-state index contributed by atoms with van der Waals surface area (Å²) in [6.07, 6.45) is 12.1. The highest BCUT2D eigenvalue weighted by molar-refractivity contribution is 5.66. The number of hydrogen-bond donors (Lipinski definition) is 2. The van der Waals surface area contributed by atoms with Gasteiger partial charge in [0.15, 0.2) is 0 Å². The van der Waals surface area contributed by atoms with Crippen LogP contribution in [0.3, 0.4) is 0 Å². The molecule has 2 N–H and O–H groups in total. The number of hydrogen-bond acceptors (Lipinski definition) is 6. The molecule has 0 rings (SSSR count). The van der Waals surface area contributed by atoms with Gasteiger partial charge in [0.05, 0.1) is 6.61 Å². The third-order valence-corrected chi connectivity index (χ3v) is 4.58. The molecule has 0 aromatic heterocycles. The maximum Gasteiger partial charge on any atom is 0.421 e. The number of hydrazine groups is 1. The van der Waals surface area contributed by atoms with E-state index in [0.29, 0.717) is 6.61 Å². The van der Waals surface area contributed by atoms with Gasteiger partial charge in [-0.15, -0.1) is 0 Å². The lowest BCUT2D eigenvalue weighted by atomic mass is 10.1. The van der Waals surface area contributed by atoms with Crippen molar-refractivity contribution in [3.05, 3.63) is 0 Å². The first-order valence-electron chi connectivity index (χ1n) is 10.6. The van der Waals surface area contributed by atoms with Crippen molar-refractivity contribution in [1.29, 1.82) is 0 Å². The normalized spacial score (nSPS) is 12.2. The van der Waals surface area contributed by atoms with E-state index in [2.05, 4.69) is 10.9 Å². The molecule has 0 aromatic carbocycles. The van der Waals surface area contributed by atoms with Crippen LogP contribution in [-0.4, -0.2) is 45.5 Å². The van der Waals surface area contributed by atoms with Gasteiger partial charge in [-0.1, -0.05) is 51.4 Å². The summed E-state index contributed by atoms with van der Waals surface area (Å²) in [6.45, 7) is 6.40. The Kier molecular flexibility index (Phi) is 15.5. The van der Waals surface area contributed by atoms with E-state index in [1.165, 1.54) is 44.9 Å². The second kappa shape index (κ2) is 16.0. The second-order valence-electron chi connectivity index (χ2n) is 8.22. The van der Waals surface area contributed by atoms with Gasteiger partial charge in [-0.3, -0.25) is 5.43 Å². The number of ether oxygens (including phenoxy) is 4. The van der Waals surface area contributed by atoms with Crippen LogP contribution in [0.5, 0.6) is 0 Å². The molecule has 0 spiro atoms. The fraction of sp³-hybridized carbons (Fsp3) is 0.952. The van der Waals surface area contributed by atoms with Crippen molar-refractivity contribution in [1.82, 2.24) is 10.9 Å². The Morgan fingerprint density at radius 2 is 1.14 bits per heavy atom. The predicted octanol–water partition coefficient (Wildman–Crippen LogP) is 4.90. The van der Waals surface area contributed by atoms with E-state index >= 15 is 0 Å². The third-order valence-electron chi connectivity index (χ3n) is 4.58. The van der Waals surface area contributed by atoms with Gasteiger partial charge in [0.1, 0.15) is 0 Å². The largest absolute Gasteiger partial charge is 0.449 e. The summed E-state index contributed by atoms with van der Waals surface area (Å²) in [5.41, 5.74) is 5.27. The van der Waals surface area contributed by atoms with Crippen LogP contribution < -0.4 is 10.9 Å². The van der Waals surface area contributed by atoms with Crippen LogP contribution in [0.15, 0.2) is 0 Å². The second-order valence-corrected chi connectivity index (χ2v) is 8.22. The standard InChI is InChI=1S/C21H44N2O5/c1-20(2,3)23-22-19(24)28-18-16-14-12-10-8-7-9-11-13-15-17-21(25-4,26-5)27-6/h23H,7-18H2,1-6H3,(H,22,24). The SMILES string of the molecule is COC(CCCCCCCCCCCCOC(=O)NNC(C)(C)C)(OC)OC. The maximum atomic E-state index is 11.5. The first kappa shape index (κ1) is 27.1. The first-order valence-corrected chi connectivity index (χ1v) is 10.6. The number of nitrogens with one attached hydrogen (secondary N) is 2. The van der Waals surface area contributed by atoms with Gasteiger partial charge in [0.2, 0.25) is 0 Å². The van der Waals surface area contributed by atoms with E-state index in [4.69, 9.17) is 18.9 Å². The van der Waals surface area contributed by atoms with Crippen molar-refractivity contribution in [3.8, 4) is 0 Å². The Balaban J connectivity index is 3.37. The molecule has 0 fully saturated rings. The zero-order chi connectivity index (χ0) is 21.3. The average molecular weight is 405 g/mol. The number of carbonyl (C=O) groups excluding carboxylic acids is 1. The van der Waals surface area contributed by atoms with Crippen molar-refractivity contribution < 1.29 is 23.7 Å². The Bertz CT molecular complexity index is 373. The van der Waals surface area contributed by atoms with Crippen LogP contribution in [0, 0.1) is 0 Å². The van der Waals surface area contributed by atoms with E-state index in [1.54, 1.807) is 21.3 Å². The number of amides is 1. The van der Waals surface area contributed by atoms with Crippen LogP contribution >= 0.6 is 0 Å². The fourth-order valence-electron chi connectivity index (χ4n) is 2.85. The van der Waals surface area contributed by atoms with Crippen LogP contribution in [0.1, 0.15) is 91.4 Å². The van der Waals surface area contributed by atoms with Gasteiger partial charge in [0, 0.05) is 33.3 Å². The molecular formula is C21H44N2O5. The zero-order valence-corrected chi connectivity index (χ0v) is 19.0. The topological polar surface area (TPSA) is 78.1 Å². The summed E-state index contributed by atoms with van der Waals surface area (Å²) in [5.74, 6) is -0.881. The quantitative estimate of drug-likeness (QED) is 0.204. The van der Waals surface area contributed by atoms with Gasteiger partial charge in [-0.25, -0.2) is 10.2 Å². The zero-order valence-electron chi connectivity index (χ0n) is 19.0.